The Morgan fingerprint density at radius 2 is 1.81 bits per heavy atom. The van der Waals surface area contributed by atoms with E-state index in [1.807, 2.05) is 24.3 Å². The summed E-state index contributed by atoms with van der Waals surface area (Å²) in [5, 5.41) is 0. The van der Waals surface area contributed by atoms with Crippen molar-refractivity contribution in [2.45, 2.75) is 0 Å². The lowest BCUT2D eigenvalue weighted by Gasteiger charge is -1.98. The number of rotatable bonds is 2. The fraction of sp³-hybridized carbons (Fsp3) is 0. The van der Waals surface area contributed by atoms with Crippen LogP contribution >= 0.6 is 31.9 Å². The van der Waals surface area contributed by atoms with Gasteiger partial charge in [0.05, 0.1) is 5.56 Å². The number of aliphatic imine (C=N–C) groups is 1. The summed E-state index contributed by atoms with van der Waals surface area (Å²) in [5.74, 6) is -0.204. The smallest absolute Gasteiger partial charge is 0.363 e. The molecular formula is C15H8Br2N2O2. The lowest BCUT2D eigenvalue weighted by Crippen LogP contribution is -2.05. The number of nitrogens with zero attached hydrogens (tertiary/aromatic N) is 2. The van der Waals surface area contributed by atoms with Gasteiger partial charge in [0.25, 0.3) is 0 Å². The third kappa shape index (κ3) is 3.28. The first-order valence-electron chi connectivity index (χ1n) is 6.01. The van der Waals surface area contributed by atoms with E-state index in [0.29, 0.717) is 5.56 Å². The molecular weight excluding hydrogens is 400 g/mol. The zero-order chi connectivity index (χ0) is 14.8. The quantitative estimate of drug-likeness (QED) is 0.559. The molecule has 1 aliphatic rings. The predicted octanol–water partition coefficient (Wildman–Crippen LogP) is 3.95. The normalized spacial score (nSPS) is 16.0. The van der Waals surface area contributed by atoms with E-state index < -0.39 is 5.97 Å². The number of cyclic esters (lactones) is 1. The van der Waals surface area contributed by atoms with Gasteiger partial charge in [0.2, 0.25) is 5.90 Å². The lowest BCUT2D eigenvalue weighted by atomic mass is 10.2. The minimum Gasteiger partial charge on any atom is -0.402 e. The summed E-state index contributed by atoms with van der Waals surface area (Å²) < 4.78 is 6.95. The van der Waals surface area contributed by atoms with E-state index >= 15 is 0 Å². The summed E-state index contributed by atoms with van der Waals surface area (Å²) >= 11 is 6.69. The van der Waals surface area contributed by atoms with Gasteiger partial charge in [-0.2, -0.15) is 0 Å². The van der Waals surface area contributed by atoms with E-state index in [1.165, 1.54) is 0 Å². The van der Waals surface area contributed by atoms with Gasteiger partial charge >= 0.3 is 5.97 Å². The molecule has 0 unspecified atom stereocenters. The number of hydrogen-bond acceptors (Lipinski definition) is 4. The molecule has 3 rings (SSSR count). The van der Waals surface area contributed by atoms with Crippen molar-refractivity contribution < 1.29 is 9.53 Å². The van der Waals surface area contributed by atoms with Crippen LogP contribution in [0.4, 0.5) is 0 Å². The molecule has 4 nitrogen and oxygen atoms in total. The van der Waals surface area contributed by atoms with Gasteiger partial charge in [-0.1, -0.05) is 28.1 Å². The lowest BCUT2D eigenvalue weighted by molar-refractivity contribution is -0.129. The average molecular weight is 408 g/mol. The van der Waals surface area contributed by atoms with Crippen molar-refractivity contribution in [1.29, 1.82) is 0 Å². The molecule has 0 N–H and O–H groups in total. The van der Waals surface area contributed by atoms with Gasteiger partial charge < -0.3 is 4.74 Å². The van der Waals surface area contributed by atoms with E-state index in [-0.39, 0.29) is 11.6 Å². The van der Waals surface area contributed by atoms with Crippen LogP contribution in [0.3, 0.4) is 0 Å². The van der Waals surface area contributed by atoms with Gasteiger partial charge in [0.15, 0.2) is 5.70 Å². The average Bonchev–Trinajstić information content (AvgIpc) is 2.83. The number of carbonyl (C=O) groups excluding carboxylic acids is 1. The van der Waals surface area contributed by atoms with Crippen molar-refractivity contribution in [3.63, 3.8) is 0 Å². The second kappa shape index (κ2) is 5.91. The van der Waals surface area contributed by atoms with Crippen LogP contribution in [0.5, 0.6) is 0 Å². The highest BCUT2D eigenvalue weighted by Gasteiger charge is 2.24. The van der Waals surface area contributed by atoms with Crippen LogP contribution in [-0.2, 0) is 9.53 Å². The molecule has 0 saturated heterocycles. The second-order valence-electron chi connectivity index (χ2n) is 4.28. The fourth-order valence-corrected chi connectivity index (χ4v) is 2.41. The largest absolute Gasteiger partial charge is 0.402 e. The molecule has 0 saturated carbocycles. The van der Waals surface area contributed by atoms with Crippen LogP contribution in [0.15, 0.2) is 62.4 Å². The maximum Gasteiger partial charge on any atom is 0.363 e. The SMILES string of the molecule is O=C1OC(c2cncc(Br)c2)=N/C1=C\c1ccc(Br)cc1. The molecule has 0 bridgehead atoms. The Labute approximate surface area is 137 Å². The van der Waals surface area contributed by atoms with Crippen LogP contribution in [0.25, 0.3) is 6.08 Å². The Balaban J connectivity index is 1.93. The molecule has 2 aromatic rings. The second-order valence-corrected chi connectivity index (χ2v) is 6.11. The maximum atomic E-state index is 11.9. The van der Waals surface area contributed by atoms with Crippen LogP contribution in [0.1, 0.15) is 11.1 Å². The molecule has 1 aromatic carbocycles. The minimum atomic E-state index is -0.465. The van der Waals surface area contributed by atoms with Crippen molar-refractivity contribution in [3.8, 4) is 0 Å². The van der Waals surface area contributed by atoms with E-state index in [0.717, 1.165) is 14.5 Å². The fourth-order valence-electron chi connectivity index (χ4n) is 1.78. The van der Waals surface area contributed by atoms with E-state index in [1.54, 1.807) is 24.5 Å². The molecule has 0 atom stereocenters. The van der Waals surface area contributed by atoms with E-state index in [2.05, 4.69) is 41.8 Å². The standard InChI is InChI=1S/C15H8Br2N2O2/c16-11-3-1-9(2-4-11)5-13-15(20)21-14(19-13)10-6-12(17)8-18-7-10/h1-8H/b13-5-. The first-order valence-corrected chi connectivity index (χ1v) is 7.59. The Bertz CT molecular complexity index is 767. The molecule has 0 spiro atoms. The van der Waals surface area contributed by atoms with Crippen molar-refractivity contribution in [2.75, 3.05) is 0 Å². The van der Waals surface area contributed by atoms with Gasteiger partial charge in [-0.25, -0.2) is 9.79 Å². The summed E-state index contributed by atoms with van der Waals surface area (Å²) in [6, 6.07) is 9.36. The Morgan fingerprint density at radius 3 is 2.52 bits per heavy atom. The Hall–Kier alpha value is -1.79. The number of benzene rings is 1. The number of aromatic nitrogens is 1. The summed E-state index contributed by atoms with van der Waals surface area (Å²) in [4.78, 5) is 20.1. The zero-order valence-electron chi connectivity index (χ0n) is 10.6. The maximum absolute atomic E-state index is 11.9. The highest BCUT2D eigenvalue weighted by atomic mass is 79.9. The van der Waals surface area contributed by atoms with E-state index in [9.17, 15) is 4.79 Å². The molecule has 0 fully saturated rings. The van der Waals surface area contributed by atoms with Crippen LogP contribution in [0.2, 0.25) is 0 Å². The number of esters is 1. The monoisotopic (exact) mass is 406 g/mol. The third-order valence-corrected chi connectivity index (χ3v) is 3.71. The topological polar surface area (TPSA) is 51.5 Å². The predicted molar refractivity (Wildman–Crippen MR) is 86.7 cm³/mol. The van der Waals surface area contributed by atoms with Gasteiger partial charge in [0, 0.05) is 21.3 Å². The highest BCUT2D eigenvalue weighted by Crippen LogP contribution is 2.21. The van der Waals surface area contributed by atoms with Gasteiger partial charge in [-0.05, 0) is 45.8 Å². The van der Waals surface area contributed by atoms with Crippen molar-refractivity contribution in [3.05, 3.63) is 68.5 Å². The van der Waals surface area contributed by atoms with Gasteiger partial charge in [0.1, 0.15) is 0 Å². The first-order chi connectivity index (χ1) is 10.1. The Kier molecular flexibility index (Phi) is 3.98. The number of halogens is 2. The number of pyridine rings is 1. The summed E-state index contributed by atoms with van der Waals surface area (Å²) in [7, 11) is 0. The number of ether oxygens (including phenoxy) is 1. The van der Waals surface area contributed by atoms with Crippen molar-refractivity contribution in [2.24, 2.45) is 4.99 Å². The van der Waals surface area contributed by atoms with Crippen molar-refractivity contribution >= 4 is 49.8 Å². The van der Waals surface area contributed by atoms with E-state index in [4.69, 9.17) is 4.74 Å². The molecule has 0 radical (unpaired) electrons. The summed E-state index contributed by atoms with van der Waals surface area (Å²) in [6.45, 7) is 0. The van der Waals surface area contributed by atoms with Gasteiger partial charge in [-0.15, -0.1) is 0 Å². The summed E-state index contributed by atoms with van der Waals surface area (Å²) in [6.07, 6.45) is 4.94. The molecule has 1 aromatic heterocycles. The van der Waals surface area contributed by atoms with Crippen LogP contribution < -0.4 is 0 Å². The molecule has 6 heteroatoms. The molecule has 104 valence electrons. The molecule has 2 heterocycles. The molecule has 0 aliphatic carbocycles. The third-order valence-electron chi connectivity index (χ3n) is 2.75. The van der Waals surface area contributed by atoms with Crippen molar-refractivity contribution in [1.82, 2.24) is 4.98 Å². The highest BCUT2D eigenvalue weighted by molar-refractivity contribution is 9.10. The summed E-state index contributed by atoms with van der Waals surface area (Å²) in [5.41, 5.74) is 1.80. The minimum absolute atomic E-state index is 0.261. The first kappa shape index (κ1) is 14.2. The molecule has 21 heavy (non-hydrogen) atoms. The van der Waals surface area contributed by atoms with Crippen LogP contribution in [-0.4, -0.2) is 16.9 Å². The number of carbonyl (C=O) groups is 1. The Morgan fingerprint density at radius 1 is 1.05 bits per heavy atom. The van der Waals surface area contributed by atoms with Gasteiger partial charge in [-0.3, -0.25) is 4.98 Å². The molecule has 1 aliphatic heterocycles. The molecule has 0 amide bonds. The number of hydrogen-bond donors (Lipinski definition) is 0. The zero-order valence-corrected chi connectivity index (χ0v) is 13.8. The van der Waals surface area contributed by atoms with Crippen LogP contribution in [0, 0.1) is 0 Å².